The standard InChI is InChI=1S/C15H19NO2/c17-14(13-7-3-1-4-8-13)10-12-16-11-6-2-5-9-15(16)18/h1,3-4,7-8H,2,5-6,9-12H2. The maximum Gasteiger partial charge on any atom is 0.222 e. The van der Waals surface area contributed by atoms with Gasteiger partial charge >= 0.3 is 0 Å². The fourth-order valence-corrected chi connectivity index (χ4v) is 2.28. The van der Waals surface area contributed by atoms with E-state index in [2.05, 4.69) is 0 Å². The van der Waals surface area contributed by atoms with Crippen molar-refractivity contribution in [1.29, 1.82) is 0 Å². The third-order valence-electron chi connectivity index (χ3n) is 3.38. The van der Waals surface area contributed by atoms with Gasteiger partial charge in [0, 0.05) is 31.5 Å². The van der Waals surface area contributed by atoms with Gasteiger partial charge in [-0.3, -0.25) is 9.59 Å². The largest absolute Gasteiger partial charge is 0.342 e. The van der Waals surface area contributed by atoms with E-state index < -0.39 is 0 Å². The molecule has 2 rings (SSSR count). The van der Waals surface area contributed by atoms with Crippen LogP contribution in [0.1, 0.15) is 42.5 Å². The Morgan fingerprint density at radius 1 is 1.11 bits per heavy atom. The average Bonchev–Trinajstić information content (AvgIpc) is 2.62. The normalized spacial score (nSPS) is 16.4. The van der Waals surface area contributed by atoms with Gasteiger partial charge in [0.15, 0.2) is 5.78 Å². The van der Waals surface area contributed by atoms with Crippen LogP contribution in [-0.2, 0) is 4.79 Å². The molecule has 1 aliphatic rings. The quantitative estimate of drug-likeness (QED) is 0.765. The van der Waals surface area contributed by atoms with Crippen LogP contribution < -0.4 is 0 Å². The molecule has 0 bridgehead atoms. The summed E-state index contributed by atoms with van der Waals surface area (Å²) < 4.78 is 0. The minimum atomic E-state index is 0.118. The molecule has 1 aliphatic heterocycles. The molecule has 0 aromatic heterocycles. The third kappa shape index (κ3) is 3.42. The predicted molar refractivity (Wildman–Crippen MR) is 70.4 cm³/mol. The minimum absolute atomic E-state index is 0.118. The summed E-state index contributed by atoms with van der Waals surface area (Å²) in [7, 11) is 0. The van der Waals surface area contributed by atoms with Crippen molar-refractivity contribution < 1.29 is 9.59 Å². The Balaban J connectivity index is 1.87. The molecule has 1 aromatic rings. The summed E-state index contributed by atoms with van der Waals surface area (Å²) in [6.45, 7) is 1.37. The number of hydrogen-bond donors (Lipinski definition) is 0. The van der Waals surface area contributed by atoms with Crippen LogP contribution in [0, 0.1) is 0 Å². The van der Waals surface area contributed by atoms with E-state index in [1.807, 2.05) is 35.2 Å². The van der Waals surface area contributed by atoms with Gasteiger partial charge in [-0.15, -0.1) is 0 Å². The first kappa shape index (κ1) is 12.8. The molecular weight excluding hydrogens is 226 g/mol. The van der Waals surface area contributed by atoms with Gasteiger partial charge in [-0.05, 0) is 12.8 Å². The van der Waals surface area contributed by atoms with Gasteiger partial charge in [0.2, 0.25) is 5.91 Å². The van der Waals surface area contributed by atoms with E-state index in [0.717, 1.165) is 31.4 Å². The topological polar surface area (TPSA) is 37.4 Å². The van der Waals surface area contributed by atoms with Gasteiger partial charge in [-0.1, -0.05) is 36.8 Å². The van der Waals surface area contributed by atoms with Gasteiger partial charge < -0.3 is 4.90 Å². The van der Waals surface area contributed by atoms with Crippen molar-refractivity contribution in [2.45, 2.75) is 32.1 Å². The molecule has 0 spiro atoms. The molecule has 3 heteroatoms. The van der Waals surface area contributed by atoms with Crippen molar-refractivity contribution in [3.63, 3.8) is 0 Å². The van der Waals surface area contributed by atoms with Crippen LogP contribution in [0.2, 0.25) is 0 Å². The number of ketones is 1. The van der Waals surface area contributed by atoms with Crippen LogP contribution >= 0.6 is 0 Å². The second kappa shape index (κ2) is 6.34. The van der Waals surface area contributed by atoms with Gasteiger partial charge in [-0.25, -0.2) is 0 Å². The molecular formula is C15H19NO2. The van der Waals surface area contributed by atoms with Crippen LogP contribution in [0.3, 0.4) is 0 Å². The van der Waals surface area contributed by atoms with Gasteiger partial charge in [0.1, 0.15) is 0 Å². The highest BCUT2D eigenvalue weighted by Gasteiger charge is 2.17. The maximum absolute atomic E-state index is 11.9. The molecule has 0 N–H and O–H groups in total. The molecule has 0 atom stereocenters. The molecule has 1 aromatic carbocycles. The summed E-state index contributed by atoms with van der Waals surface area (Å²) in [6, 6.07) is 9.28. The number of carbonyl (C=O) groups is 2. The summed E-state index contributed by atoms with van der Waals surface area (Å²) >= 11 is 0. The van der Waals surface area contributed by atoms with E-state index in [9.17, 15) is 9.59 Å². The van der Waals surface area contributed by atoms with E-state index in [1.165, 1.54) is 0 Å². The zero-order chi connectivity index (χ0) is 12.8. The van der Waals surface area contributed by atoms with Crippen molar-refractivity contribution in [3.8, 4) is 0 Å². The van der Waals surface area contributed by atoms with Crippen LogP contribution in [-0.4, -0.2) is 29.7 Å². The monoisotopic (exact) mass is 245 g/mol. The predicted octanol–water partition coefficient (Wildman–Crippen LogP) is 2.66. The molecule has 0 radical (unpaired) electrons. The molecule has 96 valence electrons. The highest BCUT2D eigenvalue weighted by Crippen LogP contribution is 2.12. The molecule has 1 heterocycles. The Labute approximate surface area is 108 Å². The second-order valence-electron chi connectivity index (χ2n) is 4.73. The zero-order valence-corrected chi connectivity index (χ0v) is 10.6. The Morgan fingerprint density at radius 2 is 1.89 bits per heavy atom. The maximum atomic E-state index is 11.9. The minimum Gasteiger partial charge on any atom is -0.342 e. The summed E-state index contributed by atoms with van der Waals surface area (Å²) in [6.07, 6.45) is 4.23. The lowest BCUT2D eigenvalue weighted by Gasteiger charge is -2.19. The summed E-state index contributed by atoms with van der Waals surface area (Å²) in [5.74, 6) is 0.320. The fraction of sp³-hybridized carbons (Fsp3) is 0.467. The first-order chi connectivity index (χ1) is 8.77. The number of Topliss-reactive ketones (excluding diaryl/α,β-unsaturated/α-hetero) is 1. The molecule has 18 heavy (non-hydrogen) atoms. The molecule has 0 saturated carbocycles. The van der Waals surface area contributed by atoms with Crippen molar-refractivity contribution in [1.82, 2.24) is 4.90 Å². The van der Waals surface area contributed by atoms with Crippen molar-refractivity contribution in [3.05, 3.63) is 35.9 Å². The highest BCUT2D eigenvalue weighted by molar-refractivity contribution is 5.96. The van der Waals surface area contributed by atoms with Crippen molar-refractivity contribution in [2.24, 2.45) is 0 Å². The molecule has 1 saturated heterocycles. The lowest BCUT2D eigenvalue weighted by molar-refractivity contribution is -0.130. The summed E-state index contributed by atoms with van der Waals surface area (Å²) in [5, 5.41) is 0. The smallest absolute Gasteiger partial charge is 0.222 e. The Morgan fingerprint density at radius 3 is 2.67 bits per heavy atom. The number of rotatable bonds is 4. The first-order valence-electron chi connectivity index (χ1n) is 6.63. The molecule has 0 aliphatic carbocycles. The molecule has 0 unspecified atom stereocenters. The molecule has 3 nitrogen and oxygen atoms in total. The van der Waals surface area contributed by atoms with Crippen LogP contribution in [0.25, 0.3) is 0 Å². The van der Waals surface area contributed by atoms with Gasteiger partial charge in [-0.2, -0.15) is 0 Å². The molecule has 1 fully saturated rings. The van der Waals surface area contributed by atoms with Crippen molar-refractivity contribution >= 4 is 11.7 Å². The number of likely N-dealkylation sites (tertiary alicyclic amines) is 1. The Bertz CT molecular complexity index is 414. The van der Waals surface area contributed by atoms with Gasteiger partial charge in [0.05, 0.1) is 0 Å². The van der Waals surface area contributed by atoms with Crippen LogP contribution in [0.4, 0.5) is 0 Å². The Hall–Kier alpha value is -1.64. The first-order valence-corrected chi connectivity index (χ1v) is 6.63. The van der Waals surface area contributed by atoms with Crippen LogP contribution in [0.15, 0.2) is 30.3 Å². The Kier molecular flexibility index (Phi) is 4.51. The lowest BCUT2D eigenvalue weighted by Crippen LogP contribution is -2.32. The number of hydrogen-bond acceptors (Lipinski definition) is 2. The summed E-state index contributed by atoms with van der Waals surface area (Å²) in [5.41, 5.74) is 0.736. The molecule has 1 amide bonds. The van der Waals surface area contributed by atoms with E-state index in [-0.39, 0.29) is 11.7 Å². The second-order valence-corrected chi connectivity index (χ2v) is 4.73. The van der Waals surface area contributed by atoms with E-state index in [0.29, 0.717) is 19.4 Å². The SMILES string of the molecule is O=C(CCN1CCCCCC1=O)c1ccccc1. The number of carbonyl (C=O) groups excluding carboxylic acids is 2. The van der Waals surface area contributed by atoms with E-state index in [1.54, 1.807) is 0 Å². The van der Waals surface area contributed by atoms with E-state index >= 15 is 0 Å². The number of benzene rings is 1. The van der Waals surface area contributed by atoms with E-state index in [4.69, 9.17) is 0 Å². The summed E-state index contributed by atoms with van der Waals surface area (Å²) in [4.78, 5) is 25.6. The number of amides is 1. The average molecular weight is 245 g/mol. The van der Waals surface area contributed by atoms with Crippen LogP contribution in [0.5, 0.6) is 0 Å². The van der Waals surface area contributed by atoms with Crippen molar-refractivity contribution in [2.75, 3.05) is 13.1 Å². The number of nitrogens with zero attached hydrogens (tertiary/aromatic N) is 1. The van der Waals surface area contributed by atoms with Gasteiger partial charge in [0.25, 0.3) is 0 Å². The lowest BCUT2D eigenvalue weighted by atomic mass is 10.1. The zero-order valence-electron chi connectivity index (χ0n) is 10.6. The highest BCUT2D eigenvalue weighted by atomic mass is 16.2. The fourth-order valence-electron chi connectivity index (χ4n) is 2.28. The third-order valence-corrected chi connectivity index (χ3v) is 3.38.